The molecule has 1 aliphatic carbocycles. The molecule has 4 heteroatoms. The number of hydrogen-bond donors (Lipinski definition) is 1. The zero-order valence-corrected chi connectivity index (χ0v) is 15.8. The Morgan fingerprint density at radius 3 is 2.23 bits per heavy atom. The van der Waals surface area contributed by atoms with Crippen molar-refractivity contribution >= 4 is 5.91 Å². The number of halogens is 1. The van der Waals surface area contributed by atoms with Gasteiger partial charge in [-0.25, -0.2) is 4.39 Å². The number of amides is 1. The van der Waals surface area contributed by atoms with E-state index in [0.717, 1.165) is 24.8 Å². The van der Waals surface area contributed by atoms with Gasteiger partial charge in [-0.2, -0.15) is 0 Å². The summed E-state index contributed by atoms with van der Waals surface area (Å²) in [5.41, 5.74) is 2.82. The van der Waals surface area contributed by atoms with E-state index in [1.54, 1.807) is 12.1 Å². The Kier molecular flexibility index (Phi) is 5.42. The molecule has 0 radical (unpaired) electrons. The lowest BCUT2D eigenvalue weighted by molar-refractivity contribution is -0.130. The van der Waals surface area contributed by atoms with E-state index in [2.05, 4.69) is 41.4 Å². The number of nitrogens with zero attached hydrogens (tertiary/aromatic N) is 1. The monoisotopic (exact) mass is 354 g/mol. The molecule has 1 unspecified atom stereocenters. The fraction of sp³-hybridized carbons (Fsp3) is 0.409. The maximum Gasteiger partial charge on any atom is 0.230 e. The van der Waals surface area contributed by atoms with Crippen molar-refractivity contribution < 1.29 is 9.18 Å². The number of carbonyl (C=O) groups excluding carboxylic acids is 1. The van der Waals surface area contributed by atoms with Crippen molar-refractivity contribution in [3.8, 4) is 0 Å². The lowest BCUT2D eigenvalue weighted by Crippen LogP contribution is -2.50. The first kappa shape index (κ1) is 18.6. The molecule has 2 aromatic carbocycles. The van der Waals surface area contributed by atoms with Gasteiger partial charge >= 0.3 is 0 Å². The van der Waals surface area contributed by atoms with Crippen LogP contribution in [-0.4, -0.2) is 31.4 Å². The summed E-state index contributed by atoms with van der Waals surface area (Å²) in [7, 11) is 4.05. The Hall–Kier alpha value is -2.20. The van der Waals surface area contributed by atoms with Crippen molar-refractivity contribution in [2.75, 3.05) is 20.6 Å². The molecular formula is C22H27FN2O. The third-order valence-corrected chi connectivity index (χ3v) is 5.58. The van der Waals surface area contributed by atoms with Crippen LogP contribution in [-0.2, 0) is 10.2 Å². The Balaban J connectivity index is 1.73. The maximum absolute atomic E-state index is 13.3. The molecule has 138 valence electrons. The van der Waals surface area contributed by atoms with Crippen LogP contribution in [0.2, 0.25) is 0 Å². The summed E-state index contributed by atoms with van der Waals surface area (Å²) >= 11 is 0. The normalized spacial score (nSPS) is 16.8. The summed E-state index contributed by atoms with van der Waals surface area (Å²) in [6.45, 7) is 2.62. The molecule has 0 saturated heterocycles. The highest BCUT2D eigenvalue weighted by molar-refractivity contribution is 5.89. The van der Waals surface area contributed by atoms with Crippen molar-refractivity contribution in [3.05, 3.63) is 71.0 Å². The van der Waals surface area contributed by atoms with Gasteiger partial charge in [0.15, 0.2) is 0 Å². The molecule has 0 spiro atoms. The molecule has 3 rings (SSSR count). The van der Waals surface area contributed by atoms with E-state index < -0.39 is 5.41 Å². The van der Waals surface area contributed by atoms with Crippen LogP contribution in [0.3, 0.4) is 0 Å². The van der Waals surface area contributed by atoms with Gasteiger partial charge in [-0.1, -0.05) is 48.4 Å². The summed E-state index contributed by atoms with van der Waals surface area (Å²) in [6, 6.07) is 14.9. The van der Waals surface area contributed by atoms with E-state index in [1.165, 1.54) is 23.3 Å². The molecule has 3 nitrogen and oxygen atoms in total. The zero-order valence-electron chi connectivity index (χ0n) is 15.8. The Morgan fingerprint density at radius 1 is 1.12 bits per heavy atom. The number of benzene rings is 2. The molecule has 1 saturated carbocycles. The smallest absolute Gasteiger partial charge is 0.230 e. The first-order valence-electron chi connectivity index (χ1n) is 9.20. The predicted octanol–water partition coefficient (Wildman–Crippen LogP) is 3.97. The average molecular weight is 354 g/mol. The fourth-order valence-electron chi connectivity index (χ4n) is 3.69. The second-order valence-electron chi connectivity index (χ2n) is 7.54. The summed E-state index contributed by atoms with van der Waals surface area (Å²) in [5.74, 6) is -0.218. The second-order valence-corrected chi connectivity index (χ2v) is 7.54. The van der Waals surface area contributed by atoms with Gasteiger partial charge in [0.05, 0.1) is 11.5 Å². The van der Waals surface area contributed by atoms with Crippen LogP contribution in [0.15, 0.2) is 48.5 Å². The first-order chi connectivity index (χ1) is 12.4. The SMILES string of the molecule is Cc1ccc(C(CNC(=O)C2(c3ccc(F)cc3)CCC2)N(C)C)cc1. The molecule has 1 fully saturated rings. The minimum atomic E-state index is -0.502. The Labute approximate surface area is 155 Å². The lowest BCUT2D eigenvalue weighted by Gasteiger charge is -2.41. The molecule has 26 heavy (non-hydrogen) atoms. The van der Waals surface area contributed by atoms with Gasteiger partial charge in [-0.05, 0) is 57.1 Å². The number of nitrogens with one attached hydrogen (secondary N) is 1. The van der Waals surface area contributed by atoms with E-state index in [1.807, 2.05) is 14.1 Å². The number of carbonyl (C=O) groups is 1. The topological polar surface area (TPSA) is 32.3 Å². The lowest BCUT2D eigenvalue weighted by atomic mass is 9.64. The number of hydrogen-bond acceptors (Lipinski definition) is 2. The second kappa shape index (κ2) is 7.58. The maximum atomic E-state index is 13.3. The highest BCUT2D eigenvalue weighted by Crippen LogP contribution is 2.44. The van der Waals surface area contributed by atoms with Crippen molar-refractivity contribution in [3.63, 3.8) is 0 Å². The van der Waals surface area contributed by atoms with Gasteiger partial charge < -0.3 is 10.2 Å². The fourth-order valence-corrected chi connectivity index (χ4v) is 3.69. The average Bonchev–Trinajstić information content (AvgIpc) is 2.57. The molecule has 1 atom stereocenters. The standard InChI is InChI=1S/C22H27FN2O/c1-16-5-7-17(8-6-16)20(25(2)3)15-24-21(26)22(13-4-14-22)18-9-11-19(23)12-10-18/h5-12,20H,4,13-15H2,1-3H3,(H,24,26). The van der Waals surface area contributed by atoms with Gasteiger partial charge in [-0.3, -0.25) is 4.79 Å². The highest BCUT2D eigenvalue weighted by atomic mass is 19.1. The van der Waals surface area contributed by atoms with Crippen LogP contribution in [0.5, 0.6) is 0 Å². The first-order valence-corrected chi connectivity index (χ1v) is 9.20. The van der Waals surface area contributed by atoms with E-state index in [4.69, 9.17) is 0 Å². The Morgan fingerprint density at radius 2 is 1.73 bits per heavy atom. The zero-order chi connectivity index (χ0) is 18.7. The molecule has 0 aromatic heterocycles. The minimum absolute atomic E-state index is 0.0503. The molecular weight excluding hydrogens is 327 g/mol. The van der Waals surface area contributed by atoms with Gasteiger partial charge in [0.2, 0.25) is 5.91 Å². The summed E-state index contributed by atoms with van der Waals surface area (Å²) in [6.07, 6.45) is 2.67. The van der Waals surface area contributed by atoms with Crippen LogP contribution >= 0.6 is 0 Å². The largest absolute Gasteiger partial charge is 0.353 e. The van der Waals surface area contributed by atoms with E-state index in [0.29, 0.717) is 6.54 Å². The van der Waals surface area contributed by atoms with Gasteiger partial charge in [-0.15, -0.1) is 0 Å². The van der Waals surface area contributed by atoms with E-state index >= 15 is 0 Å². The van der Waals surface area contributed by atoms with Gasteiger partial charge in [0, 0.05) is 6.54 Å². The van der Waals surface area contributed by atoms with Crippen LogP contribution in [0.25, 0.3) is 0 Å². The molecule has 0 bridgehead atoms. The van der Waals surface area contributed by atoms with Gasteiger partial charge in [0.1, 0.15) is 5.82 Å². The van der Waals surface area contributed by atoms with Crippen molar-refractivity contribution in [1.82, 2.24) is 10.2 Å². The van der Waals surface area contributed by atoms with Crippen LogP contribution in [0.1, 0.15) is 42.0 Å². The quantitative estimate of drug-likeness (QED) is 0.851. The Bertz CT molecular complexity index is 749. The highest BCUT2D eigenvalue weighted by Gasteiger charge is 2.45. The van der Waals surface area contributed by atoms with Crippen molar-refractivity contribution in [1.29, 1.82) is 0 Å². The molecule has 1 N–H and O–H groups in total. The molecule has 1 aliphatic rings. The predicted molar refractivity (Wildman–Crippen MR) is 103 cm³/mol. The number of rotatable bonds is 6. The molecule has 0 heterocycles. The van der Waals surface area contributed by atoms with Crippen LogP contribution < -0.4 is 5.32 Å². The molecule has 2 aromatic rings. The number of aryl methyl sites for hydroxylation is 1. The third kappa shape index (κ3) is 3.65. The molecule has 1 amide bonds. The van der Waals surface area contributed by atoms with Gasteiger partial charge in [0.25, 0.3) is 0 Å². The van der Waals surface area contributed by atoms with Crippen LogP contribution in [0.4, 0.5) is 4.39 Å². The summed E-state index contributed by atoms with van der Waals surface area (Å²) < 4.78 is 13.3. The van der Waals surface area contributed by atoms with Crippen molar-refractivity contribution in [2.24, 2.45) is 0 Å². The summed E-state index contributed by atoms with van der Waals surface area (Å²) in [5, 5.41) is 3.16. The number of likely N-dealkylation sites (N-methyl/N-ethyl adjacent to an activating group) is 1. The van der Waals surface area contributed by atoms with E-state index in [-0.39, 0.29) is 17.8 Å². The third-order valence-electron chi connectivity index (χ3n) is 5.58. The van der Waals surface area contributed by atoms with E-state index in [9.17, 15) is 9.18 Å². The summed E-state index contributed by atoms with van der Waals surface area (Å²) in [4.78, 5) is 15.1. The van der Waals surface area contributed by atoms with Crippen LogP contribution in [0, 0.1) is 12.7 Å². The molecule has 0 aliphatic heterocycles. The minimum Gasteiger partial charge on any atom is -0.353 e. The van der Waals surface area contributed by atoms with Crippen molar-refractivity contribution in [2.45, 2.75) is 37.6 Å².